The van der Waals surface area contributed by atoms with Crippen molar-refractivity contribution < 1.29 is 4.79 Å². The zero-order valence-corrected chi connectivity index (χ0v) is 30.6. The fourth-order valence-electron chi connectivity index (χ4n) is 13.0. The quantitative estimate of drug-likeness (QED) is 0.154. The predicted octanol–water partition coefficient (Wildman–Crippen LogP) is 9.39. The van der Waals surface area contributed by atoms with E-state index in [0.717, 1.165) is 70.5 Å². The van der Waals surface area contributed by atoms with Crippen LogP contribution in [0.5, 0.6) is 0 Å². The summed E-state index contributed by atoms with van der Waals surface area (Å²) in [6.07, 6.45) is 15.0. The van der Waals surface area contributed by atoms with Crippen molar-refractivity contribution in [1.82, 2.24) is 0 Å². The van der Waals surface area contributed by atoms with Crippen molar-refractivity contribution in [2.75, 3.05) is 7.05 Å². The Balaban J connectivity index is 1.50. The van der Waals surface area contributed by atoms with Crippen LogP contribution in [0.1, 0.15) is 139 Å². The molecule has 5 rings (SSSR count). The molecule has 4 nitrogen and oxygen atoms in total. The largest absolute Gasteiger partial charge is 0.324 e. The standard InChI is InChI=1S/C41H67N3O/c1-12-13-33(44-11)39-19-16-32-38(10)18-15-31-29(6)30(22-27(4)23-36(7,8)25-45)14-17-37(31,9)41(38,43)21-20-40(32,42)35(39)34(26(2)3)28(5)24-39/h25-26,29-32H,4-5,12-24,42-43H2,1-3,6-11H3. The molecule has 0 aromatic carbocycles. The van der Waals surface area contributed by atoms with Gasteiger partial charge in [0.1, 0.15) is 6.29 Å². The van der Waals surface area contributed by atoms with E-state index in [1.54, 1.807) is 0 Å². The Morgan fingerprint density at radius 1 is 1.07 bits per heavy atom. The molecule has 4 fully saturated rings. The van der Waals surface area contributed by atoms with Gasteiger partial charge < -0.3 is 16.3 Å². The van der Waals surface area contributed by atoms with Crippen LogP contribution in [0.4, 0.5) is 0 Å². The van der Waals surface area contributed by atoms with Gasteiger partial charge in [-0.2, -0.15) is 0 Å². The van der Waals surface area contributed by atoms with Crippen LogP contribution in [0.15, 0.2) is 40.4 Å². The lowest BCUT2D eigenvalue weighted by atomic mass is 9.33. The highest BCUT2D eigenvalue weighted by atomic mass is 16.1. The third-order valence-corrected chi connectivity index (χ3v) is 15.0. The molecular weight excluding hydrogens is 550 g/mol. The average Bonchev–Trinajstić information content (AvgIpc) is 3.29. The summed E-state index contributed by atoms with van der Waals surface area (Å²) in [5, 5.41) is 0. The summed E-state index contributed by atoms with van der Waals surface area (Å²) in [6.45, 7) is 27.8. The zero-order chi connectivity index (χ0) is 33.4. The minimum Gasteiger partial charge on any atom is -0.324 e. The summed E-state index contributed by atoms with van der Waals surface area (Å²) in [6, 6.07) is 0. The molecule has 9 unspecified atom stereocenters. The van der Waals surface area contributed by atoms with E-state index >= 15 is 0 Å². The maximum atomic E-state index is 11.6. The van der Waals surface area contributed by atoms with Gasteiger partial charge in [0, 0.05) is 34.7 Å². The highest BCUT2D eigenvalue weighted by Crippen LogP contribution is 2.74. The first kappa shape index (κ1) is 34.8. The van der Waals surface area contributed by atoms with Gasteiger partial charge in [-0.05, 0) is 129 Å². The smallest absolute Gasteiger partial charge is 0.125 e. The number of aldehydes is 1. The van der Waals surface area contributed by atoms with E-state index in [1.165, 1.54) is 47.3 Å². The molecule has 4 heteroatoms. The fourth-order valence-corrected chi connectivity index (χ4v) is 13.0. The van der Waals surface area contributed by atoms with Gasteiger partial charge in [-0.25, -0.2) is 0 Å². The monoisotopic (exact) mass is 618 g/mol. The van der Waals surface area contributed by atoms with Crippen LogP contribution in [0, 0.1) is 51.2 Å². The summed E-state index contributed by atoms with van der Waals surface area (Å²) < 4.78 is 0. The zero-order valence-electron chi connectivity index (χ0n) is 30.6. The van der Waals surface area contributed by atoms with Crippen LogP contribution in [-0.4, -0.2) is 30.1 Å². The van der Waals surface area contributed by atoms with E-state index < -0.39 is 0 Å². The second-order valence-electron chi connectivity index (χ2n) is 18.2. The van der Waals surface area contributed by atoms with Gasteiger partial charge in [0.25, 0.3) is 0 Å². The molecule has 4 N–H and O–H groups in total. The lowest BCUT2D eigenvalue weighted by molar-refractivity contribution is -0.188. The van der Waals surface area contributed by atoms with Gasteiger partial charge >= 0.3 is 0 Å². The molecule has 5 aliphatic rings. The molecule has 9 atom stereocenters. The molecule has 0 amide bonds. The van der Waals surface area contributed by atoms with E-state index in [9.17, 15) is 4.79 Å². The topological polar surface area (TPSA) is 81.5 Å². The number of aliphatic imine (C=N–C) groups is 1. The van der Waals surface area contributed by atoms with E-state index in [0.29, 0.717) is 29.6 Å². The van der Waals surface area contributed by atoms with Crippen LogP contribution < -0.4 is 11.5 Å². The first-order chi connectivity index (χ1) is 20.9. The summed E-state index contributed by atoms with van der Waals surface area (Å²) in [7, 11) is 2.01. The third-order valence-electron chi connectivity index (χ3n) is 15.0. The van der Waals surface area contributed by atoms with Gasteiger partial charge in [-0.15, -0.1) is 0 Å². The van der Waals surface area contributed by atoms with Crippen LogP contribution >= 0.6 is 0 Å². The molecule has 4 saturated carbocycles. The summed E-state index contributed by atoms with van der Waals surface area (Å²) >= 11 is 0. The van der Waals surface area contributed by atoms with E-state index in [4.69, 9.17) is 23.0 Å². The maximum absolute atomic E-state index is 11.6. The third kappa shape index (κ3) is 4.88. The molecule has 45 heavy (non-hydrogen) atoms. The Morgan fingerprint density at radius 3 is 2.33 bits per heavy atom. The molecule has 5 aliphatic carbocycles. The normalized spacial score (nSPS) is 43.5. The second-order valence-corrected chi connectivity index (χ2v) is 18.2. The first-order valence-corrected chi connectivity index (χ1v) is 18.5. The number of nitrogens with two attached hydrogens (primary N) is 2. The minimum absolute atomic E-state index is 0.0190. The van der Waals surface area contributed by atoms with Crippen LogP contribution in [0.25, 0.3) is 0 Å². The Labute approximate surface area is 276 Å². The Morgan fingerprint density at radius 2 is 1.73 bits per heavy atom. The molecule has 0 saturated heterocycles. The lowest BCUT2D eigenvalue weighted by Crippen LogP contribution is -2.79. The maximum Gasteiger partial charge on any atom is 0.125 e. The first-order valence-electron chi connectivity index (χ1n) is 18.5. The van der Waals surface area contributed by atoms with Gasteiger partial charge in [0.05, 0.1) is 0 Å². The van der Waals surface area contributed by atoms with E-state index in [-0.39, 0.29) is 32.7 Å². The van der Waals surface area contributed by atoms with Gasteiger partial charge in [-0.3, -0.25) is 4.99 Å². The van der Waals surface area contributed by atoms with Crippen LogP contribution in [-0.2, 0) is 4.79 Å². The lowest BCUT2D eigenvalue weighted by Gasteiger charge is -2.74. The highest BCUT2D eigenvalue weighted by molar-refractivity contribution is 5.95. The van der Waals surface area contributed by atoms with E-state index in [2.05, 4.69) is 48.1 Å². The molecule has 0 heterocycles. The van der Waals surface area contributed by atoms with Crippen molar-refractivity contribution in [3.05, 3.63) is 35.5 Å². The van der Waals surface area contributed by atoms with Gasteiger partial charge in [-0.1, -0.05) is 86.1 Å². The van der Waals surface area contributed by atoms with Crippen LogP contribution in [0.2, 0.25) is 0 Å². The summed E-state index contributed by atoms with van der Waals surface area (Å²) in [5.41, 5.74) is 21.9. The molecule has 0 aromatic rings. The highest BCUT2D eigenvalue weighted by Gasteiger charge is 2.73. The summed E-state index contributed by atoms with van der Waals surface area (Å²) in [5.74, 6) is 2.59. The second kappa shape index (κ2) is 11.6. The van der Waals surface area contributed by atoms with Crippen molar-refractivity contribution >= 4 is 12.0 Å². The fraction of sp³-hybridized carbons (Fsp3) is 0.805. The van der Waals surface area contributed by atoms with Gasteiger partial charge in [0.15, 0.2) is 0 Å². The SMILES string of the molecule is C=C(CC1CCC2(C)C(CCC3(C)C4CCC5(C(CCC)=NC)CC(=C)C(C(C)C)=C5C4(N)CCC23N)C1C)CC(C)(C)C=O. The molecular formula is C41H67N3O. The number of allylic oxidation sites excluding steroid dienone is 3. The van der Waals surface area contributed by atoms with E-state index in [1.807, 2.05) is 20.9 Å². The van der Waals surface area contributed by atoms with Crippen molar-refractivity contribution in [2.24, 2.45) is 67.7 Å². The molecule has 0 spiro atoms. The summed E-state index contributed by atoms with van der Waals surface area (Å²) in [4.78, 5) is 16.6. The number of rotatable bonds is 9. The number of hydrogen-bond donors (Lipinski definition) is 2. The number of carbonyl (C=O) groups excluding carboxylic acids is 1. The van der Waals surface area contributed by atoms with Crippen molar-refractivity contribution in [2.45, 2.75) is 150 Å². The Hall–Kier alpha value is -1.52. The van der Waals surface area contributed by atoms with Gasteiger partial charge in [0.2, 0.25) is 0 Å². The molecule has 0 radical (unpaired) electrons. The number of carbonyl (C=O) groups is 1. The number of hydrogen-bond acceptors (Lipinski definition) is 4. The number of fused-ring (bicyclic) bond motifs is 7. The molecule has 0 aromatic heterocycles. The molecule has 0 bridgehead atoms. The van der Waals surface area contributed by atoms with Crippen molar-refractivity contribution in [3.63, 3.8) is 0 Å². The minimum atomic E-state index is -0.367. The van der Waals surface area contributed by atoms with Crippen molar-refractivity contribution in [3.8, 4) is 0 Å². The predicted molar refractivity (Wildman–Crippen MR) is 191 cm³/mol. The molecule has 0 aliphatic heterocycles. The Kier molecular flexibility index (Phi) is 8.95. The Bertz CT molecular complexity index is 1290. The average molecular weight is 618 g/mol. The van der Waals surface area contributed by atoms with Crippen molar-refractivity contribution in [1.29, 1.82) is 0 Å². The number of nitrogens with zero attached hydrogens (tertiary/aromatic N) is 1. The molecule has 252 valence electrons. The van der Waals surface area contributed by atoms with Crippen LogP contribution in [0.3, 0.4) is 0 Å².